The molecule has 0 saturated heterocycles. The van der Waals surface area contributed by atoms with Gasteiger partial charge in [0.15, 0.2) is 23.0 Å². The quantitative estimate of drug-likeness (QED) is 0.232. The zero-order valence-electron chi connectivity index (χ0n) is 24.2. The number of Topliss-reactive ketones (excluding diaryl/α,β-unsaturated/α-hetero) is 1. The molecule has 0 aromatic heterocycles. The molecule has 10 heteroatoms. The maximum atomic E-state index is 14.0. The van der Waals surface area contributed by atoms with Crippen molar-refractivity contribution in [1.29, 1.82) is 0 Å². The number of rotatable bonds is 11. The van der Waals surface area contributed by atoms with Crippen LogP contribution in [0.4, 0.5) is 0 Å². The summed E-state index contributed by atoms with van der Waals surface area (Å²) in [7, 11) is 6.28. The molecule has 1 saturated carbocycles. The summed E-state index contributed by atoms with van der Waals surface area (Å²) in [4.78, 5) is 32.4. The van der Waals surface area contributed by atoms with E-state index in [4.69, 9.17) is 33.4 Å². The Hall–Kier alpha value is -3.37. The number of carbonyl (C=O) groups is 2. The summed E-state index contributed by atoms with van der Waals surface area (Å²) in [5.41, 5.74) is 3.31. The molecule has 0 spiro atoms. The molecule has 0 radical (unpaired) electrons. The molecule has 1 fully saturated rings. The van der Waals surface area contributed by atoms with Gasteiger partial charge in [-0.2, -0.15) is 0 Å². The van der Waals surface area contributed by atoms with Crippen molar-refractivity contribution >= 4 is 33.4 Å². The third kappa shape index (κ3) is 6.28. The van der Waals surface area contributed by atoms with E-state index in [1.54, 1.807) is 28.3 Å². The Morgan fingerprint density at radius 3 is 2.32 bits per heavy atom. The second kappa shape index (κ2) is 13.5. The summed E-state index contributed by atoms with van der Waals surface area (Å²) in [6, 6.07) is 9.42. The average Bonchev–Trinajstić information content (AvgIpc) is 2.96. The Bertz CT molecular complexity index is 1370. The van der Waals surface area contributed by atoms with Gasteiger partial charge in [0.25, 0.3) is 0 Å². The number of aliphatic imine (C=N–C) groups is 1. The van der Waals surface area contributed by atoms with Gasteiger partial charge in [0.05, 0.1) is 50.5 Å². The van der Waals surface area contributed by atoms with Crippen LogP contribution in [0.5, 0.6) is 23.0 Å². The molecule has 1 heterocycles. The molecule has 1 unspecified atom stereocenters. The lowest BCUT2D eigenvalue weighted by molar-refractivity contribution is -0.140. The standard InChI is InChI=1S/C31H36BrNO8/c1-7-40-26-16-20(12-21(32)30(26)39-6)28-27(31(35)41-11-10-36-3)17(2)33-22-13-19(14-23(34)29(22)28)18-8-9-24(37-4)25(15-18)38-5/h8-9,12,15-16,19,28-29H,7,10-11,13-14H2,1-6H3/t19-,28+,29?/m1/s1. The SMILES string of the molecule is CCOc1cc([C@H]2C(C(=O)OCCOC)=C(C)N=C3C[C@@H](c4ccc(OC)c(OC)c4)CC(=O)C32)cc(Br)c1OC. The molecule has 2 aliphatic rings. The Kier molecular flexibility index (Phi) is 10.1. The number of carbonyl (C=O) groups excluding carboxylic acids is 2. The van der Waals surface area contributed by atoms with E-state index in [0.29, 0.717) is 51.8 Å². The summed E-state index contributed by atoms with van der Waals surface area (Å²) in [6.07, 6.45) is 0.845. The van der Waals surface area contributed by atoms with Crippen LogP contribution in [0.1, 0.15) is 49.7 Å². The molecule has 41 heavy (non-hydrogen) atoms. The number of fused-ring (bicyclic) bond motifs is 1. The third-order valence-electron chi connectivity index (χ3n) is 7.47. The van der Waals surface area contributed by atoms with E-state index >= 15 is 0 Å². The molecule has 0 N–H and O–H groups in total. The molecule has 1 aliphatic heterocycles. The lowest BCUT2D eigenvalue weighted by atomic mass is 9.66. The number of ketones is 1. The highest BCUT2D eigenvalue weighted by atomic mass is 79.9. The van der Waals surface area contributed by atoms with Crippen LogP contribution in [0.15, 0.2) is 51.1 Å². The fraction of sp³-hybridized carbons (Fsp3) is 0.452. The summed E-state index contributed by atoms with van der Waals surface area (Å²) in [5, 5.41) is 0. The molecular weight excluding hydrogens is 594 g/mol. The van der Waals surface area contributed by atoms with Crippen molar-refractivity contribution in [2.75, 3.05) is 48.3 Å². The Balaban J connectivity index is 1.81. The molecule has 2 aromatic rings. The zero-order valence-corrected chi connectivity index (χ0v) is 25.8. The van der Waals surface area contributed by atoms with Crippen molar-refractivity contribution in [1.82, 2.24) is 0 Å². The van der Waals surface area contributed by atoms with Gasteiger partial charge in [0.2, 0.25) is 0 Å². The topological polar surface area (TPSA) is 102 Å². The highest BCUT2D eigenvalue weighted by Crippen LogP contribution is 2.49. The monoisotopic (exact) mass is 629 g/mol. The number of nitrogens with zero attached hydrogens (tertiary/aromatic N) is 1. The molecule has 3 atom stereocenters. The van der Waals surface area contributed by atoms with Crippen LogP contribution >= 0.6 is 15.9 Å². The Labute approximate surface area is 248 Å². The van der Waals surface area contributed by atoms with Crippen molar-refractivity contribution in [3.63, 3.8) is 0 Å². The normalized spacial score (nSPS) is 20.2. The lowest BCUT2D eigenvalue weighted by Gasteiger charge is -2.38. The Morgan fingerprint density at radius 1 is 0.927 bits per heavy atom. The van der Waals surface area contributed by atoms with Gasteiger partial charge in [-0.3, -0.25) is 9.79 Å². The van der Waals surface area contributed by atoms with Crippen molar-refractivity contribution in [2.24, 2.45) is 10.9 Å². The smallest absolute Gasteiger partial charge is 0.336 e. The van der Waals surface area contributed by atoms with E-state index in [2.05, 4.69) is 15.9 Å². The van der Waals surface area contributed by atoms with Crippen molar-refractivity contribution < 1.29 is 38.0 Å². The van der Waals surface area contributed by atoms with Gasteiger partial charge < -0.3 is 28.4 Å². The van der Waals surface area contributed by atoms with Gasteiger partial charge in [-0.25, -0.2) is 4.79 Å². The minimum atomic E-state index is -0.630. The predicted octanol–water partition coefficient (Wildman–Crippen LogP) is 5.64. The van der Waals surface area contributed by atoms with Gasteiger partial charge >= 0.3 is 5.97 Å². The first-order valence-corrected chi connectivity index (χ1v) is 14.3. The molecule has 4 rings (SSSR count). The fourth-order valence-corrected chi connectivity index (χ4v) is 6.29. The van der Waals surface area contributed by atoms with Crippen LogP contribution in [0, 0.1) is 5.92 Å². The fourth-order valence-electron chi connectivity index (χ4n) is 5.67. The van der Waals surface area contributed by atoms with E-state index in [1.165, 1.54) is 7.11 Å². The summed E-state index contributed by atoms with van der Waals surface area (Å²) in [6.45, 7) is 4.43. The van der Waals surface area contributed by atoms with Crippen LogP contribution in [0.2, 0.25) is 0 Å². The third-order valence-corrected chi connectivity index (χ3v) is 8.06. The highest BCUT2D eigenvalue weighted by Gasteiger charge is 2.46. The average molecular weight is 631 g/mol. The molecule has 9 nitrogen and oxygen atoms in total. The summed E-state index contributed by atoms with van der Waals surface area (Å²) < 4.78 is 33.6. The zero-order chi connectivity index (χ0) is 29.7. The molecule has 0 amide bonds. The molecule has 220 valence electrons. The number of hydrogen-bond acceptors (Lipinski definition) is 9. The molecular formula is C31H36BrNO8. The summed E-state index contributed by atoms with van der Waals surface area (Å²) in [5.74, 6) is 0.415. The number of allylic oxidation sites excluding steroid dienone is 1. The van der Waals surface area contributed by atoms with E-state index in [0.717, 1.165) is 16.8 Å². The first-order valence-electron chi connectivity index (χ1n) is 13.5. The maximum Gasteiger partial charge on any atom is 0.336 e. The van der Waals surface area contributed by atoms with Gasteiger partial charge in [0, 0.05) is 30.9 Å². The molecule has 1 aliphatic carbocycles. The lowest BCUT2D eigenvalue weighted by Crippen LogP contribution is -2.41. The minimum absolute atomic E-state index is 0.000577. The number of ether oxygens (including phenoxy) is 6. The van der Waals surface area contributed by atoms with Crippen molar-refractivity contribution in [3.8, 4) is 23.0 Å². The van der Waals surface area contributed by atoms with Gasteiger partial charge in [0.1, 0.15) is 12.4 Å². The number of esters is 1. The van der Waals surface area contributed by atoms with E-state index in [-0.39, 0.29) is 31.3 Å². The number of benzene rings is 2. The van der Waals surface area contributed by atoms with E-state index in [1.807, 2.05) is 37.3 Å². The second-order valence-corrected chi connectivity index (χ2v) is 10.7. The first-order chi connectivity index (χ1) is 19.8. The number of halogens is 1. The van der Waals surface area contributed by atoms with Crippen LogP contribution in [-0.4, -0.2) is 65.7 Å². The van der Waals surface area contributed by atoms with Gasteiger partial charge in [-0.15, -0.1) is 0 Å². The van der Waals surface area contributed by atoms with Crippen LogP contribution in [0.3, 0.4) is 0 Å². The van der Waals surface area contributed by atoms with Gasteiger partial charge in [-0.1, -0.05) is 6.07 Å². The Morgan fingerprint density at radius 2 is 1.66 bits per heavy atom. The number of hydrogen-bond donors (Lipinski definition) is 0. The molecule has 2 aromatic carbocycles. The van der Waals surface area contributed by atoms with Gasteiger partial charge in [-0.05, 0) is 77.5 Å². The molecule has 0 bridgehead atoms. The van der Waals surface area contributed by atoms with Crippen LogP contribution in [-0.2, 0) is 19.1 Å². The number of methoxy groups -OCH3 is 4. The van der Waals surface area contributed by atoms with E-state index < -0.39 is 17.8 Å². The highest BCUT2D eigenvalue weighted by molar-refractivity contribution is 9.10. The second-order valence-electron chi connectivity index (χ2n) is 9.84. The largest absolute Gasteiger partial charge is 0.493 e. The van der Waals surface area contributed by atoms with E-state index in [9.17, 15) is 9.59 Å². The summed E-state index contributed by atoms with van der Waals surface area (Å²) >= 11 is 3.60. The minimum Gasteiger partial charge on any atom is -0.493 e. The van der Waals surface area contributed by atoms with Crippen LogP contribution < -0.4 is 18.9 Å². The van der Waals surface area contributed by atoms with Crippen LogP contribution in [0.25, 0.3) is 0 Å². The first kappa shape index (κ1) is 30.6. The maximum absolute atomic E-state index is 14.0. The van der Waals surface area contributed by atoms with Crippen molar-refractivity contribution in [3.05, 3.63) is 57.2 Å². The van der Waals surface area contributed by atoms with Crippen molar-refractivity contribution in [2.45, 2.75) is 38.5 Å². The predicted molar refractivity (Wildman–Crippen MR) is 158 cm³/mol.